The Morgan fingerprint density at radius 3 is 2.40 bits per heavy atom. The summed E-state index contributed by atoms with van der Waals surface area (Å²) < 4.78 is 17.4. The van der Waals surface area contributed by atoms with Crippen molar-refractivity contribution >= 4 is 17.3 Å². The summed E-state index contributed by atoms with van der Waals surface area (Å²) in [4.78, 5) is 40.4. The van der Waals surface area contributed by atoms with Gasteiger partial charge in [-0.15, -0.1) is 0 Å². The second kappa shape index (κ2) is 12.4. The number of hydroxylamine groups is 2. The number of Topliss-reactive ketones (excluding diaryl/α,β-unsaturated/α-hetero) is 1. The first kappa shape index (κ1) is 32.7. The average Bonchev–Trinajstić information content (AvgIpc) is 3.06. The zero-order valence-corrected chi connectivity index (χ0v) is 25.6. The number of aromatic hydroxyl groups is 2. The van der Waals surface area contributed by atoms with Gasteiger partial charge in [-0.05, 0) is 18.6 Å². The highest BCUT2D eigenvalue weighted by atomic mass is 16.7. The van der Waals surface area contributed by atoms with Crippen LogP contribution in [0.5, 0.6) is 17.2 Å². The van der Waals surface area contributed by atoms with Crippen LogP contribution in [0.4, 0.5) is 0 Å². The Balaban J connectivity index is 1.41. The highest BCUT2D eigenvalue weighted by Crippen LogP contribution is 2.52. The Hall–Kier alpha value is -4.21. The minimum Gasteiger partial charge on any atom is -0.507 e. The molecule has 6 rings (SSSR count). The lowest BCUT2D eigenvalue weighted by Crippen LogP contribution is -2.55. The number of phenolic OH excluding ortho intramolecular Hbond substituents is 2. The van der Waals surface area contributed by atoms with Crippen molar-refractivity contribution in [2.75, 3.05) is 13.7 Å². The van der Waals surface area contributed by atoms with Crippen molar-refractivity contribution in [1.29, 1.82) is 0 Å². The Morgan fingerprint density at radius 2 is 1.72 bits per heavy atom. The van der Waals surface area contributed by atoms with Gasteiger partial charge in [0.05, 0.1) is 48.2 Å². The van der Waals surface area contributed by atoms with Crippen LogP contribution in [0.2, 0.25) is 0 Å². The van der Waals surface area contributed by atoms with Crippen LogP contribution in [-0.4, -0.2) is 97.0 Å². The summed E-state index contributed by atoms with van der Waals surface area (Å²) in [5.74, 6) is -3.92. The van der Waals surface area contributed by atoms with Crippen molar-refractivity contribution in [3.8, 4) is 17.2 Å². The Kier molecular flexibility index (Phi) is 8.65. The van der Waals surface area contributed by atoms with Crippen molar-refractivity contribution < 1.29 is 59.3 Å². The Morgan fingerprint density at radius 1 is 1.02 bits per heavy atom. The predicted octanol–water partition coefficient (Wildman–Crippen LogP) is 1.93. The van der Waals surface area contributed by atoms with E-state index in [4.69, 9.17) is 14.2 Å². The van der Waals surface area contributed by atoms with E-state index in [-0.39, 0.29) is 41.0 Å². The number of rotatable bonds is 8. The first-order valence-corrected chi connectivity index (χ1v) is 15.1. The third kappa shape index (κ3) is 5.49. The lowest BCUT2D eigenvalue weighted by molar-refractivity contribution is -0.285. The molecule has 0 bridgehead atoms. The number of hydrogen-bond donors (Lipinski definition) is 6. The maximum absolute atomic E-state index is 13.9. The van der Waals surface area contributed by atoms with Crippen LogP contribution >= 0.6 is 0 Å². The van der Waals surface area contributed by atoms with Crippen LogP contribution in [0.1, 0.15) is 74.4 Å². The van der Waals surface area contributed by atoms with E-state index in [0.29, 0.717) is 0 Å². The molecule has 1 fully saturated rings. The van der Waals surface area contributed by atoms with Gasteiger partial charge in [-0.1, -0.05) is 42.5 Å². The molecule has 3 aromatic carbocycles. The number of aliphatic hydroxyl groups is 3. The topological polar surface area (TPSA) is 204 Å². The molecule has 1 aliphatic heterocycles. The molecule has 3 aliphatic rings. The third-order valence-electron chi connectivity index (χ3n) is 9.30. The van der Waals surface area contributed by atoms with Gasteiger partial charge in [0.15, 0.2) is 17.9 Å². The van der Waals surface area contributed by atoms with Crippen molar-refractivity contribution in [3.05, 3.63) is 87.5 Å². The lowest BCUT2D eigenvalue weighted by atomic mass is 9.72. The first-order chi connectivity index (χ1) is 22.4. The van der Waals surface area contributed by atoms with Crippen LogP contribution in [-0.2, 0) is 27.2 Å². The van der Waals surface area contributed by atoms with E-state index in [9.17, 15) is 45.1 Å². The van der Waals surface area contributed by atoms with Gasteiger partial charge in [-0.3, -0.25) is 14.4 Å². The maximum Gasteiger partial charge on any atom is 0.202 e. The SMILES string of the molecule is COc1cccc2c1C(=O)c1c(O)c3c(c(O)c1C2=O)C[C@@](O)(C(=O)CO)C[C@@H]3OC1CC(N(O)Cc2ccccc2)C(O)C(C)O1. The molecule has 2 aliphatic carbocycles. The quantitative estimate of drug-likeness (QED) is 0.119. The van der Waals surface area contributed by atoms with Gasteiger partial charge in [0.2, 0.25) is 5.78 Å². The van der Waals surface area contributed by atoms with Crippen LogP contribution in [0, 0.1) is 0 Å². The molecule has 3 aromatic rings. The van der Waals surface area contributed by atoms with E-state index in [1.807, 2.05) is 6.07 Å². The molecule has 0 saturated carbocycles. The Labute approximate surface area is 269 Å². The van der Waals surface area contributed by atoms with Crippen molar-refractivity contribution in [3.63, 3.8) is 0 Å². The molecule has 0 amide bonds. The summed E-state index contributed by atoms with van der Waals surface area (Å²) in [7, 11) is 1.32. The number of benzene rings is 3. The molecule has 6 atom stereocenters. The highest BCUT2D eigenvalue weighted by molar-refractivity contribution is 6.31. The van der Waals surface area contributed by atoms with Gasteiger partial charge in [-0.25, -0.2) is 0 Å². The molecule has 0 aromatic heterocycles. The maximum atomic E-state index is 13.9. The zero-order valence-electron chi connectivity index (χ0n) is 25.6. The number of aliphatic hydroxyl groups excluding tert-OH is 2. The number of phenols is 2. The number of carbonyl (C=O) groups is 3. The number of fused-ring (bicyclic) bond motifs is 3. The van der Waals surface area contributed by atoms with E-state index in [1.54, 1.807) is 31.2 Å². The molecule has 0 radical (unpaired) electrons. The van der Waals surface area contributed by atoms with Gasteiger partial charge in [0.25, 0.3) is 0 Å². The summed E-state index contributed by atoms with van der Waals surface area (Å²) in [6, 6.07) is 12.5. The van der Waals surface area contributed by atoms with Gasteiger partial charge in [0.1, 0.15) is 29.5 Å². The van der Waals surface area contributed by atoms with Crippen LogP contribution in [0.3, 0.4) is 0 Å². The highest BCUT2D eigenvalue weighted by Gasteiger charge is 2.50. The van der Waals surface area contributed by atoms with Gasteiger partial charge in [0, 0.05) is 42.5 Å². The van der Waals surface area contributed by atoms with Gasteiger partial charge < -0.3 is 45.0 Å². The van der Waals surface area contributed by atoms with Crippen LogP contribution in [0.25, 0.3) is 0 Å². The van der Waals surface area contributed by atoms with E-state index in [0.717, 1.165) is 10.6 Å². The van der Waals surface area contributed by atoms with E-state index >= 15 is 0 Å². The summed E-state index contributed by atoms with van der Waals surface area (Å²) in [6.45, 7) is 0.588. The number of ether oxygens (including phenoxy) is 3. The Bertz CT molecular complexity index is 1740. The zero-order chi connectivity index (χ0) is 33.8. The molecule has 13 nitrogen and oxygen atoms in total. The van der Waals surface area contributed by atoms with Gasteiger partial charge in [-0.2, -0.15) is 5.06 Å². The lowest BCUT2D eigenvalue weighted by Gasteiger charge is -2.44. The smallest absolute Gasteiger partial charge is 0.202 e. The van der Waals surface area contributed by atoms with E-state index in [2.05, 4.69) is 0 Å². The molecule has 1 heterocycles. The largest absolute Gasteiger partial charge is 0.507 e. The van der Waals surface area contributed by atoms with Gasteiger partial charge >= 0.3 is 0 Å². The fraction of sp³-hybridized carbons (Fsp3) is 0.382. The predicted molar refractivity (Wildman–Crippen MR) is 161 cm³/mol. The molecule has 4 unspecified atom stereocenters. The normalized spacial score (nSPS) is 26.8. The summed E-state index contributed by atoms with van der Waals surface area (Å²) in [5, 5.41) is 67.2. The number of nitrogens with zero attached hydrogens (tertiary/aromatic N) is 1. The third-order valence-corrected chi connectivity index (χ3v) is 9.30. The molecule has 47 heavy (non-hydrogen) atoms. The molecular weight excluding hydrogens is 614 g/mol. The molecular formula is C34H35NO12. The summed E-state index contributed by atoms with van der Waals surface area (Å²) >= 11 is 0. The second-order valence-electron chi connectivity index (χ2n) is 12.1. The first-order valence-electron chi connectivity index (χ1n) is 15.1. The molecule has 0 spiro atoms. The minimum absolute atomic E-state index is 0.0694. The summed E-state index contributed by atoms with van der Waals surface area (Å²) in [6.07, 6.45) is -5.85. The monoisotopic (exact) mass is 649 g/mol. The standard InChI is InChI=1S/C34H35NO12/c1-16-29(38)20(35(44)14-17-7-4-3-5-8-17)11-24(46-16)47-22-13-34(43,23(37)15-36)12-19-26(22)33(42)28-27(31(19)40)30(39)18-9-6-10-21(45-2)25(18)32(28)41/h3-10,16,20,22,24,29,36,38,40,42-44H,11-15H2,1-2H3/t16?,20?,22-,24?,29?,34-/m0/s1. The van der Waals surface area contributed by atoms with Crippen molar-refractivity contribution in [1.82, 2.24) is 5.06 Å². The number of methoxy groups -OCH3 is 1. The molecule has 248 valence electrons. The fourth-order valence-corrected chi connectivity index (χ4v) is 6.88. The number of hydrogen-bond acceptors (Lipinski definition) is 13. The number of carbonyl (C=O) groups excluding carboxylic acids is 3. The molecule has 6 N–H and O–H groups in total. The van der Waals surface area contributed by atoms with Crippen LogP contribution < -0.4 is 4.74 Å². The molecule has 1 saturated heterocycles. The molecule has 13 heteroatoms. The summed E-state index contributed by atoms with van der Waals surface area (Å²) in [5.41, 5.74) is -3.08. The van der Waals surface area contributed by atoms with Crippen molar-refractivity contribution in [2.24, 2.45) is 0 Å². The minimum atomic E-state index is -2.30. The van der Waals surface area contributed by atoms with Crippen molar-refractivity contribution in [2.45, 2.75) is 69.0 Å². The van der Waals surface area contributed by atoms with E-state index < -0.39 is 95.7 Å². The second-order valence-corrected chi connectivity index (χ2v) is 12.1. The van der Waals surface area contributed by atoms with E-state index in [1.165, 1.54) is 25.3 Å². The fourth-order valence-electron chi connectivity index (χ4n) is 6.88. The number of ketones is 3. The average molecular weight is 650 g/mol. The van der Waals surface area contributed by atoms with Crippen LogP contribution in [0.15, 0.2) is 48.5 Å².